The minimum absolute atomic E-state index is 0.0266. The number of nitrogens with zero attached hydrogens (tertiary/aromatic N) is 1. The van der Waals surface area contributed by atoms with Gasteiger partial charge in [-0.25, -0.2) is 0 Å². The Bertz CT molecular complexity index is 446. The molecule has 0 radical (unpaired) electrons. The standard InChI is InChI=1S/C14H20N2O3/c1-4-9-16(10-13(17)19-3)14(18)11-7-5-6-8-12(11)15-2/h5-8,15H,4,9-10H2,1-3H3. The summed E-state index contributed by atoms with van der Waals surface area (Å²) in [7, 11) is 3.08. The van der Waals surface area contributed by atoms with E-state index in [1.807, 2.05) is 19.1 Å². The Morgan fingerprint density at radius 2 is 2.00 bits per heavy atom. The first-order valence-corrected chi connectivity index (χ1v) is 6.26. The number of ether oxygens (including phenoxy) is 1. The van der Waals surface area contributed by atoms with E-state index in [-0.39, 0.29) is 12.5 Å². The molecule has 0 fully saturated rings. The smallest absolute Gasteiger partial charge is 0.325 e. The van der Waals surface area contributed by atoms with E-state index in [1.165, 1.54) is 12.0 Å². The maximum Gasteiger partial charge on any atom is 0.325 e. The Balaban J connectivity index is 2.95. The molecule has 0 atom stereocenters. The van der Waals surface area contributed by atoms with Crippen LogP contribution >= 0.6 is 0 Å². The van der Waals surface area contributed by atoms with Crippen LogP contribution in [0.3, 0.4) is 0 Å². The van der Waals surface area contributed by atoms with Crippen LogP contribution in [0.4, 0.5) is 5.69 Å². The maximum atomic E-state index is 12.4. The van der Waals surface area contributed by atoms with Gasteiger partial charge >= 0.3 is 5.97 Å². The van der Waals surface area contributed by atoms with Gasteiger partial charge in [-0.1, -0.05) is 19.1 Å². The molecule has 0 aliphatic rings. The molecule has 0 unspecified atom stereocenters. The molecule has 1 N–H and O–H groups in total. The SMILES string of the molecule is CCCN(CC(=O)OC)C(=O)c1ccccc1NC. The first-order chi connectivity index (χ1) is 9.13. The molecular formula is C14H20N2O3. The van der Waals surface area contributed by atoms with E-state index in [0.717, 1.165) is 12.1 Å². The number of benzene rings is 1. The topological polar surface area (TPSA) is 58.6 Å². The molecule has 0 aromatic heterocycles. The van der Waals surface area contributed by atoms with Crippen molar-refractivity contribution >= 4 is 17.6 Å². The lowest BCUT2D eigenvalue weighted by Gasteiger charge is -2.22. The van der Waals surface area contributed by atoms with E-state index in [9.17, 15) is 9.59 Å². The predicted octanol–water partition coefficient (Wildman–Crippen LogP) is 1.75. The number of amides is 1. The van der Waals surface area contributed by atoms with E-state index < -0.39 is 5.97 Å². The van der Waals surface area contributed by atoms with Crippen molar-refractivity contribution in [3.05, 3.63) is 29.8 Å². The summed E-state index contributed by atoms with van der Waals surface area (Å²) in [6.07, 6.45) is 0.782. The number of esters is 1. The molecule has 0 aliphatic heterocycles. The number of para-hydroxylation sites is 1. The number of hydrogen-bond donors (Lipinski definition) is 1. The molecule has 1 rings (SSSR count). The van der Waals surface area contributed by atoms with Gasteiger partial charge < -0.3 is 15.0 Å². The van der Waals surface area contributed by atoms with Gasteiger partial charge in [0.2, 0.25) is 0 Å². The molecule has 0 saturated heterocycles. The number of carbonyl (C=O) groups excluding carboxylic acids is 2. The van der Waals surface area contributed by atoms with Gasteiger partial charge in [0.15, 0.2) is 0 Å². The van der Waals surface area contributed by atoms with Crippen LogP contribution in [-0.2, 0) is 9.53 Å². The summed E-state index contributed by atoms with van der Waals surface area (Å²) in [4.78, 5) is 25.3. The molecule has 5 heteroatoms. The van der Waals surface area contributed by atoms with Crippen LogP contribution in [0, 0.1) is 0 Å². The van der Waals surface area contributed by atoms with Crippen LogP contribution in [0.2, 0.25) is 0 Å². The molecule has 0 bridgehead atoms. The van der Waals surface area contributed by atoms with Crippen molar-refractivity contribution < 1.29 is 14.3 Å². The van der Waals surface area contributed by atoms with E-state index in [0.29, 0.717) is 12.1 Å². The summed E-state index contributed by atoms with van der Waals surface area (Å²) in [6.45, 7) is 2.45. The van der Waals surface area contributed by atoms with Crippen LogP contribution in [0.1, 0.15) is 23.7 Å². The number of hydrogen-bond acceptors (Lipinski definition) is 4. The van der Waals surface area contributed by atoms with Gasteiger partial charge in [0.05, 0.1) is 12.7 Å². The van der Waals surface area contributed by atoms with Crippen LogP contribution in [-0.4, -0.2) is 44.0 Å². The number of nitrogens with one attached hydrogen (secondary N) is 1. The predicted molar refractivity (Wildman–Crippen MR) is 74.2 cm³/mol. The van der Waals surface area contributed by atoms with E-state index >= 15 is 0 Å². The lowest BCUT2D eigenvalue weighted by atomic mass is 10.1. The van der Waals surface area contributed by atoms with Crippen molar-refractivity contribution in [1.29, 1.82) is 0 Å². The van der Waals surface area contributed by atoms with Crippen molar-refractivity contribution in [1.82, 2.24) is 4.90 Å². The number of methoxy groups -OCH3 is 1. The summed E-state index contributed by atoms with van der Waals surface area (Å²) < 4.78 is 4.62. The quantitative estimate of drug-likeness (QED) is 0.795. The van der Waals surface area contributed by atoms with Crippen molar-refractivity contribution in [2.45, 2.75) is 13.3 Å². The molecule has 1 amide bonds. The fourth-order valence-electron chi connectivity index (χ4n) is 1.80. The molecule has 5 nitrogen and oxygen atoms in total. The highest BCUT2D eigenvalue weighted by atomic mass is 16.5. The molecule has 1 aromatic carbocycles. The Morgan fingerprint density at radius 3 is 2.58 bits per heavy atom. The third kappa shape index (κ3) is 3.98. The summed E-state index contributed by atoms with van der Waals surface area (Å²) >= 11 is 0. The van der Waals surface area contributed by atoms with Crippen molar-refractivity contribution in [3.63, 3.8) is 0 Å². The monoisotopic (exact) mass is 264 g/mol. The fraction of sp³-hybridized carbons (Fsp3) is 0.429. The molecular weight excluding hydrogens is 244 g/mol. The summed E-state index contributed by atoms with van der Waals surface area (Å²) in [5.74, 6) is -0.582. The Labute approximate surface area is 113 Å². The highest BCUT2D eigenvalue weighted by molar-refractivity contribution is 6.00. The molecule has 0 heterocycles. The second kappa shape index (κ2) is 7.41. The van der Waals surface area contributed by atoms with Crippen molar-refractivity contribution in [2.75, 3.05) is 32.6 Å². The van der Waals surface area contributed by atoms with Gasteiger partial charge in [-0.05, 0) is 18.6 Å². The van der Waals surface area contributed by atoms with Crippen molar-refractivity contribution in [3.8, 4) is 0 Å². The highest BCUT2D eigenvalue weighted by Gasteiger charge is 2.20. The average molecular weight is 264 g/mol. The van der Waals surface area contributed by atoms with Crippen LogP contribution in [0.25, 0.3) is 0 Å². The molecule has 104 valence electrons. The lowest BCUT2D eigenvalue weighted by molar-refractivity contribution is -0.141. The Morgan fingerprint density at radius 1 is 1.32 bits per heavy atom. The number of anilines is 1. The molecule has 1 aromatic rings. The molecule has 19 heavy (non-hydrogen) atoms. The van der Waals surface area contributed by atoms with Gasteiger partial charge in [0.25, 0.3) is 5.91 Å². The first kappa shape index (κ1) is 15.0. The minimum atomic E-state index is -0.413. The van der Waals surface area contributed by atoms with Gasteiger partial charge in [-0.2, -0.15) is 0 Å². The average Bonchev–Trinajstić information content (AvgIpc) is 2.45. The van der Waals surface area contributed by atoms with E-state index in [4.69, 9.17) is 0 Å². The zero-order chi connectivity index (χ0) is 14.3. The lowest BCUT2D eigenvalue weighted by Crippen LogP contribution is -2.37. The Hall–Kier alpha value is -2.04. The molecule has 0 aliphatic carbocycles. The molecule has 0 spiro atoms. The second-order valence-corrected chi connectivity index (χ2v) is 4.10. The largest absolute Gasteiger partial charge is 0.468 e. The van der Waals surface area contributed by atoms with Gasteiger partial charge in [-0.3, -0.25) is 9.59 Å². The van der Waals surface area contributed by atoms with E-state index in [1.54, 1.807) is 19.2 Å². The zero-order valence-electron chi connectivity index (χ0n) is 11.6. The van der Waals surface area contributed by atoms with E-state index in [2.05, 4.69) is 10.1 Å². The first-order valence-electron chi connectivity index (χ1n) is 6.26. The van der Waals surface area contributed by atoms with Crippen molar-refractivity contribution in [2.24, 2.45) is 0 Å². The number of carbonyl (C=O) groups is 2. The van der Waals surface area contributed by atoms with Crippen LogP contribution in [0.5, 0.6) is 0 Å². The molecule has 0 saturated carbocycles. The van der Waals surface area contributed by atoms with Gasteiger partial charge in [-0.15, -0.1) is 0 Å². The summed E-state index contributed by atoms with van der Waals surface area (Å²) in [5.41, 5.74) is 1.31. The van der Waals surface area contributed by atoms with Crippen LogP contribution in [0.15, 0.2) is 24.3 Å². The summed E-state index contributed by atoms with van der Waals surface area (Å²) in [5, 5.41) is 2.98. The number of rotatable bonds is 6. The fourth-order valence-corrected chi connectivity index (χ4v) is 1.80. The zero-order valence-corrected chi connectivity index (χ0v) is 11.6. The minimum Gasteiger partial charge on any atom is -0.468 e. The van der Waals surface area contributed by atoms with Crippen LogP contribution < -0.4 is 5.32 Å². The third-order valence-electron chi connectivity index (χ3n) is 2.76. The third-order valence-corrected chi connectivity index (χ3v) is 2.76. The van der Waals surface area contributed by atoms with Gasteiger partial charge in [0.1, 0.15) is 6.54 Å². The van der Waals surface area contributed by atoms with Gasteiger partial charge in [0, 0.05) is 19.3 Å². The maximum absolute atomic E-state index is 12.4. The second-order valence-electron chi connectivity index (χ2n) is 4.10. The summed E-state index contributed by atoms with van der Waals surface area (Å²) in [6, 6.07) is 7.23. The Kier molecular flexibility index (Phi) is 5.85. The normalized spacial score (nSPS) is 9.84. The highest BCUT2D eigenvalue weighted by Crippen LogP contribution is 2.16.